The van der Waals surface area contributed by atoms with E-state index in [2.05, 4.69) is 39.1 Å². The number of hydrogen-bond acceptors (Lipinski definition) is 5. The van der Waals surface area contributed by atoms with Crippen molar-refractivity contribution < 1.29 is 4.39 Å². The summed E-state index contributed by atoms with van der Waals surface area (Å²) in [6.45, 7) is 9.96. The van der Waals surface area contributed by atoms with E-state index in [-0.39, 0.29) is 5.82 Å². The molecule has 0 radical (unpaired) electrons. The van der Waals surface area contributed by atoms with Gasteiger partial charge in [0.15, 0.2) is 11.5 Å². The summed E-state index contributed by atoms with van der Waals surface area (Å²) < 4.78 is 16.8. The summed E-state index contributed by atoms with van der Waals surface area (Å²) in [5, 5.41) is 8.93. The Bertz CT molecular complexity index is 1250. The van der Waals surface area contributed by atoms with Gasteiger partial charge in [-0.3, -0.25) is 0 Å². The van der Waals surface area contributed by atoms with Gasteiger partial charge in [-0.25, -0.2) is 18.9 Å². The van der Waals surface area contributed by atoms with E-state index in [9.17, 15) is 0 Å². The lowest BCUT2D eigenvalue weighted by molar-refractivity contribution is 0.407. The minimum absolute atomic E-state index is 0.306. The summed E-state index contributed by atoms with van der Waals surface area (Å²) in [5.74, 6) is -0.306. The molecule has 4 aromatic rings. The van der Waals surface area contributed by atoms with Crippen molar-refractivity contribution >= 4 is 22.2 Å². The average molecular weight is 404 g/mol. The lowest BCUT2D eigenvalue weighted by Gasteiger charge is -2.37. The maximum absolute atomic E-state index is 15.1. The highest BCUT2D eigenvalue weighted by molar-refractivity contribution is 5.85. The van der Waals surface area contributed by atoms with Crippen LogP contribution in [0.2, 0.25) is 0 Å². The highest BCUT2D eigenvalue weighted by Crippen LogP contribution is 2.28. The number of aryl methyl sites for hydroxylation is 2. The van der Waals surface area contributed by atoms with E-state index in [1.165, 1.54) is 0 Å². The first kappa shape index (κ1) is 18.9. The number of fused-ring (bicyclic) bond motifs is 2. The maximum atomic E-state index is 15.1. The number of halogens is 1. The average Bonchev–Trinajstić information content (AvgIpc) is 3.08. The van der Waals surface area contributed by atoms with Crippen molar-refractivity contribution in [2.75, 3.05) is 18.0 Å². The van der Waals surface area contributed by atoms with Crippen LogP contribution >= 0.6 is 0 Å². The molecule has 6 nitrogen and oxygen atoms in total. The SMILES string of the molecule is Cc1cn2nc(-c3ccc4cc(N5CC(C)NC(C)C5)cc(F)c4n3)cc(C)c2n1. The third-order valence-corrected chi connectivity index (χ3v) is 5.65. The smallest absolute Gasteiger partial charge is 0.156 e. The standard InChI is InChI=1S/C23H25FN6/c1-13-7-21(28-30-12-16(4)26-23(13)30)20-6-5-17-8-18(9-19(24)22(17)27-20)29-10-14(2)25-15(3)11-29/h5-9,12,14-15,25H,10-11H2,1-4H3. The Morgan fingerprint density at radius 1 is 1.00 bits per heavy atom. The van der Waals surface area contributed by atoms with E-state index in [0.29, 0.717) is 29.0 Å². The molecule has 1 aliphatic heterocycles. The lowest BCUT2D eigenvalue weighted by atomic mass is 10.1. The van der Waals surface area contributed by atoms with Gasteiger partial charge in [0, 0.05) is 36.2 Å². The number of anilines is 1. The van der Waals surface area contributed by atoms with Crippen LogP contribution < -0.4 is 10.2 Å². The molecule has 0 spiro atoms. The number of piperazine rings is 1. The molecule has 5 rings (SSSR count). The van der Waals surface area contributed by atoms with Crippen LogP contribution in [0.15, 0.2) is 36.5 Å². The molecule has 2 unspecified atom stereocenters. The molecule has 154 valence electrons. The summed E-state index contributed by atoms with van der Waals surface area (Å²) in [7, 11) is 0. The highest BCUT2D eigenvalue weighted by atomic mass is 19.1. The number of aromatic nitrogens is 4. The fourth-order valence-corrected chi connectivity index (χ4v) is 4.41. The van der Waals surface area contributed by atoms with Crippen LogP contribution in [-0.4, -0.2) is 44.8 Å². The summed E-state index contributed by atoms with van der Waals surface area (Å²) in [6, 6.07) is 10.1. The number of imidazole rings is 1. The number of nitrogens with one attached hydrogen (secondary N) is 1. The number of nitrogens with zero attached hydrogens (tertiary/aromatic N) is 5. The van der Waals surface area contributed by atoms with Gasteiger partial charge in [-0.05, 0) is 57.5 Å². The third kappa shape index (κ3) is 3.29. The second-order valence-corrected chi connectivity index (χ2v) is 8.43. The number of benzene rings is 1. The molecule has 4 heterocycles. The van der Waals surface area contributed by atoms with Crippen molar-refractivity contribution in [3.63, 3.8) is 0 Å². The molecule has 0 saturated carbocycles. The first-order chi connectivity index (χ1) is 14.4. The molecule has 1 aromatic carbocycles. The van der Waals surface area contributed by atoms with E-state index in [4.69, 9.17) is 0 Å². The van der Waals surface area contributed by atoms with Gasteiger partial charge in [0.05, 0.1) is 17.6 Å². The Balaban J connectivity index is 1.56. The minimum Gasteiger partial charge on any atom is -0.368 e. The molecule has 1 aliphatic rings. The largest absolute Gasteiger partial charge is 0.368 e. The van der Waals surface area contributed by atoms with E-state index < -0.39 is 0 Å². The Hall–Kier alpha value is -3.06. The summed E-state index contributed by atoms with van der Waals surface area (Å²) in [5.41, 5.74) is 5.36. The van der Waals surface area contributed by atoms with Crippen LogP contribution in [0.3, 0.4) is 0 Å². The molecule has 1 fully saturated rings. The van der Waals surface area contributed by atoms with Crippen LogP contribution in [0.4, 0.5) is 10.1 Å². The molecule has 2 atom stereocenters. The van der Waals surface area contributed by atoms with E-state index >= 15 is 4.39 Å². The fourth-order valence-electron chi connectivity index (χ4n) is 4.41. The molecule has 0 aliphatic carbocycles. The molecule has 1 saturated heterocycles. The van der Waals surface area contributed by atoms with Crippen LogP contribution in [0.1, 0.15) is 25.1 Å². The van der Waals surface area contributed by atoms with Gasteiger partial charge < -0.3 is 10.2 Å². The fraction of sp³-hybridized carbons (Fsp3) is 0.348. The van der Waals surface area contributed by atoms with Crippen molar-refractivity contribution in [2.45, 2.75) is 39.8 Å². The Morgan fingerprint density at radius 2 is 1.77 bits per heavy atom. The molecule has 0 bridgehead atoms. The van der Waals surface area contributed by atoms with Gasteiger partial charge in [0.2, 0.25) is 0 Å². The molecular formula is C23H25FN6. The van der Waals surface area contributed by atoms with Gasteiger partial charge in [0.25, 0.3) is 0 Å². The number of pyridine rings is 1. The lowest BCUT2D eigenvalue weighted by Crippen LogP contribution is -2.54. The zero-order chi connectivity index (χ0) is 21.0. The van der Waals surface area contributed by atoms with E-state index in [1.54, 1.807) is 10.6 Å². The zero-order valence-electron chi connectivity index (χ0n) is 17.6. The van der Waals surface area contributed by atoms with Crippen molar-refractivity contribution in [1.82, 2.24) is 24.9 Å². The van der Waals surface area contributed by atoms with Crippen LogP contribution in [0, 0.1) is 19.7 Å². The first-order valence-electron chi connectivity index (χ1n) is 10.3. The topological polar surface area (TPSA) is 58.4 Å². The molecule has 3 aromatic heterocycles. The summed E-state index contributed by atoms with van der Waals surface area (Å²) in [4.78, 5) is 11.3. The van der Waals surface area contributed by atoms with E-state index in [0.717, 1.165) is 41.1 Å². The van der Waals surface area contributed by atoms with Gasteiger partial charge in [-0.2, -0.15) is 5.10 Å². The van der Waals surface area contributed by atoms with Crippen molar-refractivity contribution in [2.24, 2.45) is 0 Å². The van der Waals surface area contributed by atoms with Crippen molar-refractivity contribution in [3.8, 4) is 11.4 Å². The number of hydrogen-bond donors (Lipinski definition) is 1. The normalized spacial score (nSPS) is 19.7. The molecule has 7 heteroatoms. The predicted molar refractivity (Wildman–Crippen MR) is 117 cm³/mol. The highest BCUT2D eigenvalue weighted by Gasteiger charge is 2.22. The Morgan fingerprint density at radius 3 is 2.53 bits per heavy atom. The molecular weight excluding hydrogens is 379 g/mol. The molecule has 1 N–H and O–H groups in total. The third-order valence-electron chi connectivity index (χ3n) is 5.65. The second kappa shape index (κ2) is 7.02. The van der Waals surface area contributed by atoms with Gasteiger partial charge >= 0.3 is 0 Å². The Labute approximate surface area is 174 Å². The number of rotatable bonds is 2. The Kier molecular flexibility index (Phi) is 4.43. The van der Waals surface area contributed by atoms with Crippen molar-refractivity contribution in [3.05, 3.63) is 53.6 Å². The van der Waals surface area contributed by atoms with Gasteiger partial charge in [0.1, 0.15) is 11.2 Å². The zero-order valence-corrected chi connectivity index (χ0v) is 17.6. The quantitative estimate of drug-likeness (QED) is 0.549. The van der Waals surface area contributed by atoms with Crippen LogP contribution in [0.25, 0.3) is 27.9 Å². The maximum Gasteiger partial charge on any atom is 0.156 e. The van der Waals surface area contributed by atoms with Crippen LogP contribution in [0.5, 0.6) is 0 Å². The van der Waals surface area contributed by atoms with Crippen molar-refractivity contribution in [1.29, 1.82) is 0 Å². The van der Waals surface area contributed by atoms with E-state index in [1.807, 2.05) is 44.3 Å². The summed E-state index contributed by atoms with van der Waals surface area (Å²) in [6.07, 6.45) is 1.88. The first-order valence-corrected chi connectivity index (χ1v) is 10.3. The second-order valence-electron chi connectivity index (χ2n) is 8.43. The van der Waals surface area contributed by atoms with Gasteiger partial charge in [-0.1, -0.05) is 6.07 Å². The summed E-state index contributed by atoms with van der Waals surface area (Å²) >= 11 is 0. The predicted octanol–water partition coefficient (Wildman–Crippen LogP) is 3.89. The molecule has 30 heavy (non-hydrogen) atoms. The minimum atomic E-state index is -0.306. The monoisotopic (exact) mass is 404 g/mol. The van der Waals surface area contributed by atoms with Gasteiger partial charge in [-0.15, -0.1) is 0 Å². The van der Waals surface area contributed by atoms with Crippen LogP contribution in [-0.2, 0) is 0 Å². The molecule has 0 amide bonds.